The van der Waals surface area contributed by atoms with Crippen molar-refractivity contribution in [2.75, 3.05) is 13.2 Å². The summed E-state index contributed by atoms with van der Waals surface area (Å²) in [5.74, 6) is -0.146. The Labute approximate surface area is 108 Å². The lowest BCUT2D eigenvalue weighted by Crippen LogP contribution is -2.28. The van der Waals surface area contributed by atoms with Crippen LogP contribution in [0.4, 0.5) is 0 Å². The van der Waals surface area contributed by atoms with E-state index in [0.717, 1.165) is 19.4 Å². The summed E-state index contributed by atoms with van der Waals surface area (Å²) >= 11 is 0. The maximum absolute atomic E-state index is 11.6. The van der Waals surface area contributed by atoms with Crippen molar-refractivity contribution >= 4 is 12.0 Å². The number of ether oxygens (including phenoxy) is 1. The molecule has 0 aliphatic carbocycles. The number of hydrogen-bond acceptors (Lipinski definition) is 3. The molecule has 0 saturated carbocycles. The van der Waals surface area contributed by atoms with Crippen molar-refractivity contribution in [2.24, 2.45) is 0 Å². The highest BCUT2D eigenvalue weighted by atomic mass is 16.5. The van der Waals surface area contributed by atoms with E-state index in [1.165, 1.54) is 11.1 Å². The monoisotopic (exact) mass is 245 g/mol. The van der Waals surface area contributed by atoms with Crippen molar-refractivity contribution < 1.29 is 9.53 Å². The van der Waals surface area contributed by atoms with Gasteiger partial charge < -0.3 is 9.64 Å². The molecular weight excluding hydrogens is 226 g/mol. The molecule has 0 aromatic heterocycles. The molecule has 1 aliphatic heterocycles. The molecule has 1 heterocycles. The number of fused-ring (bicyclic) bond motifs is 1. The highest BCUT2D eigenvalue weighted by Crippen LogP contribution is 2.18. The first-order chi connectivity index (χ1) is 8.79. The van der Waals surface area contributed by atoms with Crippen molar-refractivity contribution in [2.45, 2.75) is 26.3 Å². The van der Waals surface area contributed by atoms with Gasteiger partial charge in [0.1, 0.15) is 6.54 Å². The van der Waals surface area contributed by atoms with Crippen molar-refractivity contribution in [3.63, 3.8) is 0 Å². The SMILES string of the molecule is CCCCOC(=O)CN1C=Cc2ccccc2C1. The number of rotatable bonds is 5. The number of esters is 1. The van der Waals surface area contributed by atoms with Crippen LogP contribution in [0.25, 0.3) is 6.08 Å². The van der Waals surface area contributed by atoms with Gasteiger partial charge in [-0.1, -0.05) is 37.6 Å². The van der Waals surface area contributed by atoms with Gasteiger partial charge in [-0.25, -0.2) is 0 Å². The molecule has 0 bridgehead atoms. The Morgan fingerprint density at radius 2 is 2.22 bits per heavy atom. The zero-order chi connectivity index (χ0) is 12.8. The average molecular weight is 245 g/mol. The minimum Gasteiger partial charge on any atom is -0.464 e. The van der Waals surface area contributed by atoms with E-state index >= 15 is 0 Å². The van der Waals surface area contributed by atoms with Crippen LogP contribution in [0.1, 0.15) is 30.9 Å². The predicted molar refractivity (Wildman–Crippen MR) is 71.8 cm³/mol. The van der Waals surface area contributed by atoms with E-state index < -0.39 is 0 Å². The molecule has 96 valence electrons. The second kappa shape index (κ2) is 6.24. The van der Waals surface area contributed by atoms with Crippen LogP contribution < -0.4 is 0 Å². The molecule has 0 radical (unpaired) electrons. The fourth-order valence-electron chi connectivity index (χ4n) is 1.95. The van der Waals surface area contributed by atoms with E-state index in [-0.39, 0.29) is 5.97 Å². The third-order valence-corrected chi connectivity index (χ3v) is 2.99. The Hall–Kier alpha value is -1.77. The molecule has 1 aromatic carbocycles. The van der Waals surface area contributed by atoms with Gasteiger partial charge in [0.2, 0.25) is 0 Å². The third-order valence-electron chi connectivity index (χ3n) is 2.99. The summed E-state index contributed by atoms with van der Waals surface area (Å²) in [6.45, 7) is 3.71. The topological polar surface area (TPSA) is 29.5 Å². The van der Waals surface area contributed by atoms with Crippen LogP contribution in [0.15, 0.2) is 30.5 Å². The Balaban J connectivity index is 1.85. The molecule has 1 aromatic rings. The van der Waals surface area contributed by atoms with E-state index in [1.807, 2.05) is 29.3 Å². The zero-order valence-corrected chi connectivity index (χ0v) is 10.8. The highest BCUT2D eigenvalue weighted by Gasteiger charge is 2.13. The summed E-state index contributed by atoms with van der Waals surface area (Å²) in [4.78, 5) is 13.6. The molecule has 18 heavy (non-hydrogen) atoms. The average Bonchev–Trinajstić information content (AvgIpc) is 2.39. The van der Waals surface area contributed by atoms with Crippen LogP contribution in [0.2, 0.25) is 0 Å². The van der Waals surface area contributed by atoms with E-state index in [2.05, 4.69) is 19.1 Å². The van der Waals surface area contributed by atoms with Crippen LogP contribution in [0.5, 0.6) is 0 Å². The molecule has 0 amide bonds. The lowest BCUT2D eigenvalue weighted by Gasteiger charge is -2.24. The number of hydrogen-bond donors (Lipinski definition) is 0. The Morgan fingerprint density at radius 3 is 3.06 bits per heavy atom. The first kappa shape index (κ1) is 12.7. The standard InChI is InChI=1S/C15H19NO2/c1-2-3-10-18-15(17)12-16-9-8-13-6-4-5-7-14(13)11-16/h4-9H,2-3,10-12H2,1H3. The number of carbonyl (C=O) groups is 1. The number of nitrogens with zero attached hydrogens (tertiary/aromatic N) is 1. The minimum absolute atomic E-state index is 0.146. The number of unbranched alkanes of at least 4 members (excludes halogenated alkanes) is 1. The zero-order valence-electron chi connectivity index (χ0n) is 10.8. The second-order valence-electron chi connectivity index (χ2n) is 4.49. The minimum atomic E-state index is -0.146. The van der Waals surface area contributed by atoms with Crippen molar-refractivity contribution in [1.29, 1.82) is 0 Å². The molecule has 0 saturated heterocycles. The summed E-state index contributed by atoms with van der Waals surface area (Å²) in [7, 11) is 0. The van der Waals surface area contributed by atoms with Gasteiger partial charge in [0.25, 0.3) is 0 Å². The van der Waals surface area contributed by atoms with Gasteiger partial charge in [0, 0.05) is 12.7 Å². The highest BCUT2D eigenvalue weighted by molar-refractivity contribution is 5.72. The van der Waals surface area contributed by atoms with Crippen molar-refractivity contribution in [3.8, 4) is 0 Å². The summed E-state index contributed by atoms with van der Waals surface area (Å²) in [6, 6.07) is 8.23. The van der Waals surface area contributed by atoms with Crippen LogP contribution >= 0.6 is 0 Å². The van der Waals surface area contributed by atoms with Gasteiger partial charge in [-0.2, -0.15) is 0 Å². The third kappa shape index (κ3) is 3.36. The van der Waals surface area contributed by atoms with Gasteiger partial charge in [-0.3, -0.25) is 4.79 Å². The number of carbonyl (C=O) groups excluding carboxylic acids is 1. The van der Waals surface area contributed by atoms with Crippen LogP contribution in [0.3, 0.4) is 0 Å². The van der Waals surface area contributed by atoms with E-state index in [1.54, 1.807) is 0 Å². The largest absolute Gasteiger partial charge is 0.464 e. The molecule has 0 atom stereocenters. The summed E-state index contributed by atoms with van der Waals surface area (Å²) in [5.41, 5.74) is 2.48. The maximum atomic E-state index is 11.6. The molecule has 2 rings (SSSR count). The Bertz CT molecular complexity index is 440. The molecule has 0 unspecified atom stereocenters. The summed E-state index contributed by atoms with van der Waals surface area (Å²) in [5, 5.41) is 0. The van der Waals surface area contributed by atoms with Crippen molar-refractivity contribution in [1.82, 2.24) is 4.90 Å². The second-order valence-corrected chi connectivity index (χ2v) is 4.49. The van der Waals surface area contributed by atoms with Gasteiger partial charge >= 0.3 is 5.97 Å². The summed E-state index contributed by atoms with van der Waals surface area (Å²) < 4.78 is 5.16. The Morgan fingerprint density at radius 1 is 1.39 bits per heavy atom. The molecule has 3 nitrogen and oxygen atoms in total. The molecule has 1 aliphatic rings. The molecule has 3 heteroatoms. The van der Waals surface area contributed by atoms with Gasteiger partial charge in [-0.05, 0) is 23.6 Å². The van der Waals surface area contributed by atoms with Crippen LogP contribution in [0, 0.1) is 0 Å². The van der Waals surface area contributed by atoms with Gasteiger partial charge in [0.05, 0.1) is 6.61 Å². The normalized spacial score (nSPS) is 13.3. The first-order valence-corrected chi connectivity index (χ1v) is 6.45. The quantitative estimate of drug-likeness (QED) is 0.590. The molecular formula is C15H19NO2. The predicted octanol–water partition coefficient (Wildman–Crippen LogP) is 2.82. The number of benzene rings is 1. The van der Waals surface area contributed by atoms with E-state index in [9.17, 15) is 4.79 Å². The van der Waals surface area contributed by atoms with Gasteiger partial charge in [-0.15, -0.1) is 0 Å². The van der Waals surface area contributed by atoms with Gasteiger partial charge in [0.15, 0.2) is 0 Å². The van der Waals surface area contributed by atoms with E-state index in [0.29, 0.717) is 13.2 Å². The van der Waals surface area contributed by atoms with E-state index in [4.69, 9.17) is 4.74 Å². The summed E-state index contributed by atoms with van der Waals surface area (Å²) in [6.07, 6.45) is 5.98. The molecule has 0 N–H and O–H groups in total. The van der Waals surface area contributed by atoms with Crippen molar-refractivity contribution in [3.05, 3.63) is 41.6 Å². The fraction of sp³-hybridized carbons (Fsp3) is 0.400. The van der Waals surface area contributed by atoms with Crippen LogP contribution in [-0.2, 0) is 16.1 Å². The maximum Gasteiger partial charge on any atom is 0.325 e. The lowest BCUT2D eigenvalue weighted by molar-refractivity contribution is -0.144. The molecule has 0 spiro atoms. The lowest BCUT2D eigenvalue weighted by atomic mass is 10.0. The van der Waals surface area contributed by atoms with Crippen LogP contribution in [-0.4, -0.2) is 24.0 Å². The smallest absolute Gasteiger partial charge is 0.325 e. The fourth-order valence-corrected chi connectivity index (χ4v) is 1.95. The molecule has 0 fully saturated rings. The Kier molecular flexibility index (Phi) is 4.40. The first-order valence-electron chi connectivity index (χ1n) is 6.45.